The van der Waals surface area contributed by atoms with Crippen LogP contribution in [0.4, 0.5) is 10.2 Å². The lowest BCUT2D eigenvalue weighted by Crippen LogP contribution is -2.12. The molecule has 4 rings (SSSR count). The number of furan rings is 1. The third-order valence-corrected chi connectivity index (χ3v) is 5.63. The molecule has 0 saturated carbocycles. The Hall–Kier alpha value is -2.81. The molecule has 2 aromatic carbocycles. The van der Waals surface area contributed by atoms with Gasteiger partial charge >= 0.3 is 0 Å². The van der Waals surface area contributed by atoms with E-state index in [1.807, 2.05) is 18.2 Å². The van der Waals surface area contributed by atoms with Gasteiger partial charge in [0.15, 0.2) is 11.6 Å². The average molecular weight is 539 g/mol. The maximum atomic E-state index is 13.1. The van der Waals surface area contributed by atoms with E-state index in [1.54, 1.807) is 23.0 Å². The fraction of sp³-hybridized carbons (Fsp3) is 0.0909. The van der Waals surface area contributed by atoms with Crippen molar-refractivity contribution in [3.63, 3.8) is 0 Å². The first-order valence-electron chi connectivity index (χ1n) is 9.33. The third-order valence-electron chi connectivity index (χ3n) is 4.39. The summed E-state index contributed by atoms with van der Waals surface area (Å²) in [5.74, 6) is 0.206. The number of ether oxygens (including phenoxy) is 1. The molecule has 0 aliphatic rings. The summed E-state index contributed by atoms with van der Waals surface area (Å²) in [6.45, 7) is 0.469. The molecule has 2 heterocycles. The molecule has 0 bridgehead atoms. The van der Waals surface area contributed by atoms with Crippen LogP contribution in [0.1, 0.15) is 21.9 Å². The molecule has 0 unspecified atom stereocenters. The number of halogens is 4. The van der Waals surface area contributed by atoms with Crippen LogP contribution in [0.5, 0.6) is 5.75 Å². The number of aromatic nitrogens is 2. The van der Waals surface area contributed by atoms with Gasteiger partial charge in [0.2, 0.25) is 0 Å². The summed E-state index contributed by atoms with van der Waals surface area (Å²) in [6, 6.07) is 14.4. The molecular weight excluding hydrogens is 524 g/mol. The lowest BCUT2D eigenvalue weighted by atomic mass is 10.2. The van der Waals surface area contributed by atoms with E-state index in [4.69, 9.17) is 32.4 Å². The van der Waals surface area contributed by atoms with Gasteiger partial charge in [-0.3, -0.25) is 9.48 Å². The van der Waals surface area contributed by atoms with E-state index in [0.717, 1.165) is 11.6 Å². The van der Waals surface area contributed by atoms with Crippen LogP contribution in [-0.2, 0) is 13.2 Å². The molecule has 1 amide bonds. The van der Waals surface area contributed by atoms with Gasteiger partial charge in [-0.15, -0.1) is 0 Å². The fourth-order valence-electron chi connectivity index (χ4n) is 2.85. The number of hydrogen-bond acceptors (Lipinski definition) is 4. The molecule has 0 atom stereocenters. The van der Waals surface area contributed by atoms with Gasteiger partial charge in [-0.1, -0.05) is 41.4 Å². The number of benzene rings is 2. The minimum absolute atomic E-state index is 0.0226. The second-order valence-corrected chi connectivity index (χ2v) is 8.37. The highest BCUT2D eigenvalue weighted by atomic mass is 79.9. The first kappa shape index (κ1) is 22.4. The Balaban J connectivity index is 1.39. The van der Waals surface area contributed by atoms with Gasteiger partial charge in [0.25, 0.3) is 5.91 Å². The van der Waals surface area contributed by atoms with E-state index in [1.165, 1.54) is 18.2 Å². The summed E-state index contributed by atoms with van der Waals surface area (Å²) < 4.78 is 26.5. The first-order valence-corrected chi connectivity index (χ1v) is 10.9. The van der Waals surface area contributed by atoms with Crippen LogP contribution in [0.3, 0.4) is 0 Å². The second-order valence-electron chi connectivity index (χ2n) is 6.70. The predicted molar refractivity (Wildman–Crippen MR) is 123 cm³/mol. The third kappa shape index (κ3) is 5.32. The van der Waals surface area contributed by atoms with E-state index in [0.29, 0.717) is 33.4 Å². The second kappa shape index (κ2) is 9.77. The van der Waals surface area contributed by atoms with Crippen LogP contribution in [-0.4, -0.2) is 15.7 Å². The summed E-state index contributed by atoms with van der Waals surface area (Å²) in [6.07, 6.45) is 1.74. The van der Waals surface area contributed by atoms with Crippen LogP contribution < -0.4 is 10.1 Å². The number of anilines is 1. The molecule has 0 radical (unpaired) electrons. The van der Waals surface area contributed by atoms with E-state index in [2.05, 4.69) is 26.3 Å². The number of nitrogens with zero attached hydrogens (tertiary/aromatic N) is 2. The van der Waals surface area contributed by atoms with Crippen molar-refractivity contribution in [2.45, 2.75) is 13.2 Å². The summed E-state index contributed by atoms with van der Waals surface area (Å²) >= 11 is 15.5. The number of hydrogen-bond donors (Lipinski definition) is 1. The molecule has 0 saturated heterocycles. The zero-order chi connectivity index (χ0) is 22.7. The Labute approximate surface area is 201 Å². The Morgan fingerprint density at radius 3 is 2.75 bits per heavy atom. The Bertz CT molecular complexity index is 1280. The highest BCUT2D eigenvalue weighted by Gasteiger charge is 2.16. The van der Waals surface area contributed by atoms with Gasteiger partial charge < -0.3 is 14.5 Å². The predicted octanol–water partition coefficient (Wildman–Crippen LogP) is 6.56. The lowest BCUT2D eigenvalue weighted by Gasteiger charge is -2.06. The van der Waals surface area contributed by atoms with Crippen molar-refractivity contribution in [2.75, 3.05) is 5.32 Å². The molecular formula is C22H15BrCl2FN3O3. The Morgan fingerprint density at radius 2 is 1.97 bits per heavy atom. The molecule has 4 aromatic rings. The summed E-state index contributed by atoms with van der Waals surface area (Å²) in [7, 11) is 0. The van der Waals surface area contributed by atoms with Crippen molar-refractivity contribution >= 4 is 50.9 Å². The van der Waals surface area contributed by atoms with Crippen LogP contribution in [0.15, 0.2) is 69.7 Å². The number of carbonyl (C=O) groups is 1. The first-order chi connectivity index (χ1) is 15.4. The van der Waals surface area contributed by atoms with Crippen molar-refractivity contribution < 1.29 is 18.3 Å². The van der Waals surface area contributed by atoms with Crippen molar-refractivity contribution in [2.24, 2.45) is 0 Å². The standard InChI is InChI=1S/C22H15BrCl2FN3O3/c23-16-11-29(10-13-3-1-2-4-17(13)24)28-21(16)27-22(30)20-8-6-15(32-20)12-31-19-7-5-14(26)9-18(19)25/h1-9,11H,10,12H2,(H,27,28,30). The number of nitrogens with one attached hydrogen (secondary N) is 1. The normalized spacial score (nSPS) is 10.9. The minimum atomic E-state index is -0.472. The van der Waals surface area contributed by atoms with Gasteiger partial charge in [0.05, 0.1) is 16.0 Å². The van der Waals surface area contributed by atoms with Crippen molar-refractivity contribution in [3.05, 3.63) is 98.2 Å². The number of rotatable bonds is 7. The minimum Gasteiger partial charge on any atom is -0.484 e. The van der Waals surface area contributed by atoms with E-state index < -0.39 is 11.7 Å². The number of carbonyl (C=O) groups excluding carboxylic acids is 1. The topological polar surface area (TPSA) is 69.3 Å². The van der Waals surface area contributed by atoms with E-state index in [-0.39, 0.29) is 17.4 Å². The van der Waals surface area contributed by atoms with Crippen LogP contribution in [0, 0.1) is 5.82 Å². The molecule has 6 nitrogen and oxygen atoms in total. The summed E-state index contributed by atoms with van der Waals surface area (Å²) in [4.78, 5) is 12.6. The van der Waals surface area contributed by atoms with Gasteiger partial charge in [-0.05, 0) is 57.9 Å². The Kier molecular flexibility index (Phi) is 6.83. The van der Waals surface area contributed by atoms with Gasteiger partial charge in [0, 0.05) is 11.2 Å². The number of amides is 1. The largest absolute Gasteiger partial charge is 0.484 e. The highest BCUT2D eigenvalue weighted by Crippen LogP contribution is 2.26. The van der Waals surface area contributed by atoms with Crippen molar-refractivity contribution in [1.82, 2.24) is 9.78 Å². The fourth-order valence-corrected chi connectivity index (χ4v) is 3.68. The maximum Gasteiger partial charge on any atom is 0.292 e. The zero-order valence-electron chi connectivity index (χ0n) is 16.3. The van der Waals surface area contributed by atoms with E-state index >= 15 is 0 Å². The van der Waals surface area contributed by atoms with Gasteiger partial charge in [-0.25, -0.2) is 4.39 Å². The zero-order valence-corrected chi connectivity index (χ0v) is 19.4. The van der Waals surface area contributed by atoms with E-state index in [9.17, 15) is 9.18 Å². The molecule has 164 valence electrons. The summed E-state index contributed by atoms with van der Waals surface area (Å²) in [5.41, 5.74) is 0.902. The van der Waals surface area contributed by atoms with Crippen LogP contribution in [0.25, 0.3) is 0 Å². The van der Waals surface area contributed by atoms with Crippen LogP contribution in [0.2, 0.25) is 10.0 Å². The van der Waals surface area contributed by atoms with Crippen LogP contribution >= 0.6 is 39.1 Å². The molecule has 0 fully saturated rings. The molecule has 2 aromatic heterocycles. The van der Waals surface area contributed by atoms with Crippen molar-refractivity contribution in [3.8, 4) is 5.75 Å². The monoisotopic (exact) mass is 537 g/mol. The Morgan fingerprint density at radius 1 is 1.16 bits per heavy atom. The van der Waals surface area contributed by atoms with Gasteiger partial charge in [0.1, 0.15) is 23.9 Å². The summed E-state index contributed by atoms with van der Waals surface area (Å²) in [5, 5.41) is 7.86. The van der Waals surface area contributed by atoms with Crippen molar-refractivity contribution in [1.29, 1.82) is 0 Å². The molecule has 32 heavy (non-hydrogen) atoms. The smallest absolute Gasteiger partial charge is 0.292 e. The molecule has 10 heteroatoms. The molecule has 1 N–H and O–H groups in total. The maximum absolute atomic E-state index is 13.1. The quantitative estimate of drug-likeness (QED) is 0.289. The lowest BCUT2D eigenvalue weighted by molar-refractivity contribution is 0.0992. The SMILES string of the molecule is O=C(Nc1nn(Cc2ccccc2Cl)cc1Br)c1ccc(COc2ccc(F)cc2Cl)o1. The van der Waals surface area contributed by atoms with Gasteiger partial charge in [-0.2, -0.15) is 5.10 Å². The highest BCUT2D eigenvalue weighted by molar-refractivity contribution is 9.10. The molecule has 0 aliphatic carbocycles. The average Bonchev–Trinajstić information content (AvgIpc) is 3.36. The molecule has 0 spiro atoms. The molecule has 0 aliphatic heterocycles.